The number of nitrogens with two attached hydrogens (primary N) is 2. The zero-order valence-electron chi connectivity index (χ0n) is 12.8. The number of carboxylic acids is 1. The Morgan fingerprint density at radius 3 is 2.67 bits per heavy atom. The molecule has 2 aromatic rings. The van der Waals surface area contributed by atoms with Crippen molar-refractivity contribution in [1.82, 2.24) is 9.55 Å². The van der Waals surface area contributed by atoms with Gasteiger partial charge < -0.3 is 16.6 Å². The van der Waals surface area contributed by atoms with Crippen LogP contribution < -0.4 is 17.0 Å². The highest BCUT2D eigenvalue weighted by Crippen LogP contribution is 2.21. The normalized spacial score (nSPS) is 11.8. The minimum atomic E-state index is -1.15. The minimum Gasteiger partial charge on any atom is -0.481 e. The number of aliphatic carboxylic acids is 1. The summed E-state index contributed by atoms with van der Waals surface area (Å²) < 4.78 is 1.05. The molecule has 0 saturated carbocycles. The predicted molar refractivity (Wildman–Crippen MR) is 85.0 cm³/mol. The Morgan fingerprint density at radius 1 is 1.46 bits per heavy atom. The molecule has 1 amide bonds. The Hall–Kier alpha value is -3.41. The van der Waals surface area contributed by atoms with Crippen molar-refractivity contribution in [2.75, 3.05) is 5.73 Å². The van der Waals surface area contributed by atoms with Gasteiger partial charge in [0, 0.05) is 12.1 Å². The van der Waals surface area contributed by atoms with E-state index in [-0.39, 0.29) is 40.8 Å². The number of nitrogen functional groups attached to an aromatic ring is 1. The second kappa shape index (κ2) is 6.37. The molecule has 0 bridgehead atoms. The Kier molecular flexibility index (Phi) is 4.50. The smallest absolute Gasteiger partial charge is 0.303 e. The molecule has 0 radical (unpaired) electrons. The van der Waals surface area contributed by atoms with Crippen molar-refractivity contribution >= 4 is 28.5 Å². The maximum absolute atomic E-state index is 12.8. The summed E-state index contributed by atoms with van der Waals surface area (Å²) in [5.74, 6) is -1.77. The van der Waals surface area contributed by atoms with Crippen LogP contribution in [0.15, 0.2) is 16.9 Å². The SMILES string of the molecule is Cc1nc2cc(C#N)cc(N)c2c(=O)n1[C@@H](CCC(=O)O)C(N)=O. The number of aromatic nitrogens is 2. The lowest BCUT2D eigenvalue weighted by atomic mass is 10.1. The second-order valence-electron chi connectivity index (χ2n) is 5.26. The summed E-state index contributed by atoms with van der Waals surface area (Å²) in [6.45, 7) is 1.49. The van der Waals surface area contributed by atoms with Gasteiger partial charge in [-0.3, -0.25) is 19.0 Å². The van der Waals surface area contributed by atoms with Gasteiger partial charge in [-0.15, -0.1) is 0 Å². The number of amides is 1. The first-order valence-electron chi connectivity index (χ1n) is 6.99. The van der Waals surface area contributed by atoms with Crippen molar-refractivity contribution in [3.8, 4) is 6.07 Å². The number of anilines is 1. The van der Waals surface area contributed by atoms with Crippen molar-refractivity contribution in [2.24, 2.45) is 5.73 Å². The number of carboxylic acid groups (broad SMARTS) is 1. The molecule has 1 atom stereocenters. The maximum Gasteiger partial charge on any atom is 0.303 e. The predicted octanol–water partition coefficient (Wildman–Crippen LogP) is 0.0500. The molecule has 0 aliphatic carbocycles. The highest BCUT2D eigenvalue weighted by Gasteiger charge is 2.24. The molecule has 124 valence electrons. The standard InChI is InChI=1S/C15H15N5O4/c1-7-19-10-5-8(6-16)4-9(17)13(10)15(24)20(7)11(14(18)23)2-3-12(21)22/h4-5,11H,2-3,17H2,1H3,(H2,18,23)(H,21,22)/t11-/m0/s1. The number of carbonyl (C=O) groups excluding carboxylic acids is 1. The minimum absolute atomic E-state index is 0.0526. The molecular weight excluding hydrogens is 314 g/mol. The van der Waals surface area contributed by atoms with E-state index in [1.54, 1.807) is 0 Å². The summed E-state index contributed by atoms with van der Waals surface area (Å²) in [5, 5.41) is 17.8. The number of aryl methyl sites for hydroxylation is 1. The summed E-state index contributed by atoms with van der Waals surface area (Å²) in [6, 6.07) is 3.52. The summed E-state index contributed by atoms with van der Waals surface area (Å²) in [5.41, 5.74) is 11.1. The van der Waals surface area contributed by atoms with Gasteiger partial charge in [-0.25, -0.2) is 4.98 Å². The summed E-state index contributed by atoms with van der Waals surface area (Å²) in [7, 11) is 0. The number of primary amides is 1. The van der Waals surface area contributed by atoms with Gasteiger partial charge in [-0.05, 0) is 25.5 Å². The van der Waals surface area contributed by atoms with Gasteiger partial charge in [0.15, 0.2) is 0 Å². The Bertz CT molecular complexity index is 942. The lowest BCUT2D eigenvalue weighted by molar-refractivity contribution is -0.137. The van der Waals surface area contributed by atoms with Crippen LogP contribution in [0.25, 0.3) is 10.9 Å². The van der Waals surface area contributed by atoms with E-state index in [1.165, 1.54) is 19.1 Å². The van der Waals surface area contributed by atoms with Crippen LogP contribution in [0.4, 0.5) is 5.69 Å². The molecule has 1 heterocycles. The van der Waals surface area contributed by atoms with Gasteiger partial charge in [0.2, 0.25) is 5.91 Å². The van der Waals surface area contributed by atoms with E-state index in [0.717, 1.165) is 4.57 Å². The third-order valence-electron chi connectivity index (χ3n) is 3.61. The van der Waals surface area contributed by atoms with Gasteiger partial charge >= 0.3 is 5.97 Å². The van der Waals surface area contributed by atoms with Crippen LogP contribution in [0.3, 0.4) is 0 Å². The Morgan fingerprint density at radius 2 is 2.12 bits per heavy atom. The van der Waals surface area contributed by atoms with E-state index in [9.17, 15) is 14.4 Å². The highest BCUT2D eigenvalue weighted by atomic mass is 16.4. The topological polar surface area (TPSA) is 165 Å². The van der Waals surface area contributed by atoms with E-state index in [2.05, 4.69) is 4.98 Å². The fourth-order valence-electron chi connectivity index (χ4n) is 2.56. The van der Waals surface area contributed by atoms with E-state index < -0.39 is 23.5 Å². The van der Waals surface area contributed by atoms with E-state index in [4.69, 9.17) is 21.8 Å². The molecule has 0 aliphatic rings. The van der Waals surface area contributed by atoms with Gasteiger partial charge in [-0.1, -0.05) is 0 Å². The molecular formula is C15H15N5O4. The van der Waals surface area contributed by atoms with Gasteiger partial charge in [0.25, 0.3) is 5.56 Å². The Labute approximate surface area is 136 Å². The van der Waals surface area contributed by atoms with Crippen LogP contribution >= 0.6 is 0 Å². The number of fused-ring (bicyclic) bond motifs is 1. The number of benzene rings is 1. The maximum atomic E-state index is 12.8. The van der Waals surface area contributed by atoms with Crippen LogP contribution in [-0.2, 0) is 9.59 Å². The first-order chi connectivity index (χ1) is 11.3. The molecule has 2 rings (SSSR count). The molecule has 1 aromatic carbocycles. The molecule has 0 spiro atoms. The molecule has 9 nitrogen and oxygen atoms in total. The zero-order valence-corrected chi connectivity index (χ0v) is 12.8. The number of hydrogen-bond donors (Lipinski definition) is 3. The number of nitriles is 1. The summed E-state index contributed by atoms with van der Waals surface area (Å²) in [4.78, 5) is 39.4. The third-order valence-corrected chi connectivity index (χ3v) is 3.61. The van der Waals surface area contributed by atoms with Crippen molar-refractivity contribution in [1.29, 1.82) is 5.26 Å². The molecule has 24 heavy (non-hydrogen) atoms. The highest BCUT2D eigenvalue weighted by molar-refractivity contribution is 5.91. The lowest BCUT2D eigenvalue weighted by Gasteiger charge is -2.19. The zero-order chi connectivity index (χ0) is 18.0. The summed E-state index contributed by atoms with van der Waals surface area (Å²) in [6.07, 6.45) is -0.477. The van der Waals surface area contributed by atoms with E-state index in [0.29, 0.717) is 0 Å². The largest absolute Gasteiger partial charge is 0.481 e. The number of rotatable bonds is 5. The first kappa shape index (κ1) is 17.0. The molecule has 0 saturated heterocycles. The average Bonchev–Trinajstić information content (AvgIpc) is 2.48. The molecule has 0 fully saturated rings. The number of nitrogens with zero attached hydrogens (tertiary/aromatic N) is 3. The lowest BCUT2D eigenvalue weighted by Crippen LogP contribution is -2.36. The van der Waals surface area contributed by atoms with Gasteiger partial charge in [0.1, 0.15) is 11.9 Å². The van der Waals surface area contributed by atoms with Gasteiger partial charge in [0.05, 0.1) is 22.5 Å². The van der Waals surface area contributed by atoms with Crippen molar-refractivity contribution in [3.05, 3.63) is 33.9 Å². The second-order valence-corrected chi connectivity index (χ2v) is 5.26. The fourth-order valence-corrected chi connectivity index (χ4v) is 2.56. The van der Waals surface area contributed by atoms with Crippen LogP contribution in [-0.4, -0.2) is 26.5 Å². The van der Waals surface area contributed by atoms with Crippen LogP contribution in [0.5, 0.6) is 0 Å². The number of carbonyl (C=O) groups is 2. The molecule has 1 aromatic heterocycles. The quantitative estimate of drug-likeness (QED) is 0.652. The number of hydrogen-bond acceptors (Lipinski definition) is 6. The van der Waals surface area contributed by atoms with E-state index in [1.807, 2.05) is 6.07 Å². The van der Waals surface area contributed by atoms with Crippen molar-refractivity contribution in [2.45, 2.75) is 25.8 Å². The Balaban J connectivity index is 2.73. The van der Waals surface area contributed by atoms with Gasteiger partial charge in [-0.2, -0.15) is 5.26 Å². The molecule has 5 N–H and O–H groups in total. The van der Waals surface area contributed by atoms with Crippen LogP contribution in [0.1, 0.15) is 30.3 Å². The van der Waals surface area contributed by atoms with Crippen molar-refractivity contribution in [3.63, 3.8) is 0 Å². The molecule has 0 aliphatic heterocycles. The summed E-state index contributed by atoms with van der Waals surface area (Å²) >= 11 is 0. The fraction of sp³-hybridized carbons (Fsp3) is 0.267. The van der Waals surface area contributed by atoms with Crippen LogP contribution in [0.2, 0.25) is 0 Å². The van der Waals surface area contributed by atoms with Crippen LogP contribution in [0, 0.1) is 18.3 Å². The van der Waals surface area contributed by atoms with Crippen molar-refractivity contribution < 1.29 is 14.7 Å². The monoisotopic (exact) mass is 329 g/mol. The first-order valence-corrected chi connectivity index (χ1v) is 6.99. The third kappa shape index (κ3) is 3.03. The molecule has 9 heteroatoms. The molecule has 0 unspecified atom stereocenters. The van der Waals surface area contributed by atoms with E-state index >= 15 is 0 Å². The average molecular weight is 329 g/mol.